The van der Waals surface area contributed by atoms with Crippen LogP contribution in [0.15, 0.2) is 12.4 Å². The number of aromatic amines is 1. The number of nitrogens with one attached hydrogen (secondary N) is 2. The van der Waals surface area contributed by atoms with Crippen molar-refractivity contribution in [3.63, 3.8) is 0 Å². The van der Waals surface area contributed by atoms with E-state index in [2.05, 4.69) is 15.3 Å². The quantitative estimate of drug-likeness (QED) is 0.814. The van der Waals surface area contributed by atoms with E-state index < -0.39 is 10.0 Å². The number of carbonyl (C=O) groups is 1. The summed E-state index contributed by atoms with van der Waals surface area (Å²) in [4.78, 5) is 19.9. The monoisotopic (exact) mass is 342 g/mol. The summed E-state index contributed by atoms with van der Waals surface area (Å²) in [5.74, 6) is 0.575. The lowest BCUT2D eigenvalue weighted by Crippen LogP contribution is -2.47. The molecule has 7 nitrogen and oxygen atoms in total. The first-order chi connectivity index (χ1) is 10.8. The molecular formula is C15H26N4O3S. The lowest BCUT2D eigenvalue weighted by atomic mass is 9.96. The van der Waals surface area contributed by atoms with E-state index in [-0.39, 0.29) is 36.1 Å². The van der Waals surface area contributed by atoms with Crippen molar-refractivity contribution in [2.45, 2.75) is 39.7 Å². The van der Waals surface area contributed by atoms with Gasteiger partial charge < -0.3 is 10.3 Å². The summed E-state index contributed by atoms with van der Waals surface area (Å²) in [7, 11) is -3.24. The van der Waals surface area contributed by atoms with Crippen molar-refractivity contribution in [1.29, 1.82) is 0 Å². The summed E-state index contributed by atoms with van der Waals surface area (Å²) >= 11 is 0. The van der Waals surface area contributed by atoms with E-state index in [0.29, 0.717) is 19.4 Å². The highest BCUT2D eigenvalue weighted by molar-refractivity contribution is 7.89. The number of hydrogen-bond acceptors (Lipinski definition) is 4. The molecule has 1 aromatic heterocycles. The van der Waals surface area contributed by atoms with Gasteiger partial charge in [-0.2, -0.15) is 0 Å². The molecule has 1 unspecified atom stereocenters. The number of rotatable bonds is 6. The van der Waals surface area contributed by atoms with Crippen LogP contribution in [0, 0.1) is 11.8 Å². The van der Waals surface area contributed by atoms with Gasteiger partial charge in [-0.25, -0.2) is 17.7 Å². The van der Waals surface area contributed by atoms with Gasteiger partial charge in [-0.15, -0.1) is 0 Å². The van der Waals surface area contributed by atoms with Crippen LogP contribution >= 0.6 is 0 Å². The third-order valence-corrected chi connectivity index (χ3v) is 6.14. The maximum atomic E-state index is 12.6. The highest BCUT2D eigenvalue weighted by Gasteiger charge is 2.33. The Kier molecular flexibility index (Phi) is 5.80. The van der Waals surface area contributed by atoms with Gasteiger partial charge in [0.1, 0.15) is 5.82 Å². The average molecular weight is 342 g/mol. The maximum absolute atomic E-state index is 12.6. The molecule has 8 heteroatoms. The number of nitrogens with zero attached hydrogens (tertiary/aromatic N) is 2. The second kappa shape index (κ2) is 7.44. The minimum Gasteiger partial charge on any atom is -0.347 e. The molecule has 0 spiro atoms. The minimum atomic E-state index is -3.24. The van der Waals surface area contributed by atoms with Gasteiger partial charge in [-0.1, -0.05) is 13.8 Å². The molecule has 23 heavy (non-hydrogen) atoms. The first kappa shape index (κ1) is 17.9. The molecule has 0 aromatic carbocycles. The zero-order chi connectivity index (χ0) is 17.0. The number of aromatic nitrogens is 2. The normalized spacial score (nSPS) is 21.3. The van der Waals surface area contributed by atoms with Crippen LogP contribution < -0.4 is 5.32 Å². The topological polar surface area (TPSA) is 95.2 Å². The molecule has 0 aliphatic carbocycles. The van der Waals surface area contributed by atoms with Gasteiger partial charge in [-0.3, -0.25) is 4.79 Å². The number of carbonyl (C=O) groups excluding carboxylic acids is 1. The predicted molar refractivity (Wildman–Crippen MR) is 88.1 cm³/mol. The molecule has 1 fully saturated rings. The van der Waals surface area contributed by atoms with Gasteiger partial charge in [-0.05, 0) is 25.7 Å². The zero-order valence-corrected chi connectivity index (χ0v) is 14.8. The highest BCUT2D eigenvalue weighted by Crippen LogP contribution is 2.23. The molecule has 1 amide bonds. The number of piperidine rings is 1. The van der Waals surface area contributed by atoms with Gasteiger partial charge in [0, 0.05) is 25.5 Å². The minimum absolute atomic E-state index is 0.0718. The average Bonchev–Trinajstić information content (AvgIpc) is 3.06. The molecule has 1 aliphatic heterocycles. The van der Waals surface area contributed by atoms with Crippen molar-refractivity contribution in [3.8, 4) is 0 Å². The summed E-state index contributed by atoms with van der Waals surface area (Å²) in [5.41, 5.74) is 0. The van der Waals surface area contributed by atoms with Crippen LogP contribution in [0.25, 0.3) is 0 Å². The van der Waals surface area contributed by atoms with E-state index in [9.17, 15) is 13.2 Å². The summed E-state index contributed by atoms with van der Waals surface area (Å²) in [5, 5.41) is 3.02. The zero-order valence-electron chi connectivity index (χ0n) is 13.9. The summed E-state index contributed by atoms with van der Waals surface area (Å²) in [6.07, 6.45) is 4.81. The van der Waals surface area contributed by atoms with Crippen LogP contribution in [-0.2, 0) is 14.8 Å². The Hall–Kier alpha value is -1.41. The van der Waals surface area contributed by atoms with Crippen molar-refractivity contribution < 1.29 is 13.2 Å². The number of imidazole rings is 1. The fourth-order valence-corrected chi connectivity index (χ4v) is 4.04. The fraction of sp³-hybridized carbons (Fsp3) is 0.733. The van der Waals surface area contributed by atoms with Gasteiger partial charge in [0.15, 0.2) is 0 Å². The van der Waals surface area contributed by atoms with Crippen LogP contribution in [0.3, 0.4) is 0 Å². The summed E-state index contributed by atoms with van der Waals surface area (Å²) in [6.45, 7) is 6.44. The van der Waals surface area contributed by atoms with E-state index in [1.54, 1.807) is 19.3 Å². The second-order valence-corrected chi connectivity index (χ2v) is 8.56. The molecule has 2 rings (SSSR count). The van der Waals surface area contributed by atoms with Crippen molar-refractivity contribution in [2.75, 3.05) is 18.8 Å². The largest absolute Gasteiger partial charge is 0.347 e. The lowest BCUT2D eigenvalue weighted by Gasteiger charge is -2.32. The summed E-state index contributed by atoms with van der Waals surface area (Å²) in [6, 6.07) is -0.198. The molecule has 2 N–H and O–H groups in total. The predicted octanol–water partition coefficient (Wildman–Crippen LogP) is 1.28. The van der Waals surface area contributed by atoms with E-state index >= 15 is 0 Å². The molecule has 0 saturated carbocycles. The Labute approximate surface area is 137 Å². The van der Waals surface area contributed by atoms with E-state index in [0.717, 1.165) is 5.82 Å². The molecule has 0 radical (unpaired) electrons. The highest BCUT2D eigenvalue weighted by atomic mass is 32.2. The van der Waals surface area contributed by atoms with E-state index in [1.807, 2.05) is 13.8 Å². The first-order valence-corrected chi connectivity index (χ1v) is 9.73. The van der Waals surface area contributed by atoms with E-state index in [1.165, 1.54) is 4.31 Å². The number of H-pyrrole nitrogens is 1. The standard InChI is InChI=1S/C15H26N4O3S/c1-4-23(21,22)19-9-5-6-12(10-19)15(20)18-13(11(2)3)14-16-7-8-17-14/h7-8,11-13H,4-6,9-10H2,1-3H3,(H,16,17)(H,18,20)/t12?,13-/m0/s1. The third-order valence-electron chi connectivity index (χ3n) is 4.29. The van der Waals surface area contributed by atoms with Crippen molar-refractivity contribution >= 4 is 15.9 Å². The molecule has 1 aromatic rings. The second-order valence-electron chi connectivity index (χ2n) is 6.30. The number of sulfonamides is 1. The Morgan fingerprint density at radius 3 is 2.83 bits per heavy atom. The first-order valence-electron chi connectivity index (χ1n) is 8.12. The Morgan fingerprint density at radius 1 is 1.52 bits per heavy atom. The van der Waals surface area contributed by atoms with Gasteiger partial charge in [0.05, 0.1) is 17.7 Å². The molecular weight excluding hydrogens is 316 g/mol. The molecule has 1 saturated heterocycles. The number of hydrogen-bond donors (Lipinski definition) is 2. The van der Waals surface area contributed by atoms with Crippen molar-refractivity contribution in [2.24, 2.45) is 11.8 Å². The van der Waals surface area contributed by atoms with Gasteiger partial charge >= 0.3 is 0 Å². The van der Waals surface area contributed by atoms with Crippen LogP contribution in [-0.4, -0.2) is 47.4 Å². The van der Waals surface area contributed by atoms with Crippen molar-refractivity contribution in [1.82, 2.24) is 19.6 Å². The summed E-state index contributed by atoms with van der Waals surface area (Å²) < 4.78 is 25.5. The Bertz CT molecular complexity index is 613. The van der Waals surface area contributed by atoms with Gasteiger partial charge in [0.25, 0.3) is 0 Å². The van der Waals surface area contributed by atoms with Crippen LogP contribution in [0.4, 0.5) is 0 Å². The van der Waals surface area contributed by atoms with Gasteiger partial charge in [0.2, 0.25) is 15.9 Å². The molecule has 2 heterocycles. The van der Waals surface area contributed by atoms with Crippen LogP contribution in [0.5, 0.6) is 0 Å². The van der Waals surface area contributed by atoms with E-state index in [4.69, 9.17) is 0 Å². The van der Waals surface area contributed by atoms with Crippen LogP contribution in [0.2, 0.25) is 0 Å². The molecule has 130 valence electrons. The molecule has 1 aliphatic rings. The Balaban J connectivity index is 2.04. The third kappa shape index (κ3) is 4.32. The lowest BCUT2D eigenvalue weighted by molar-refractivity contribution is -0.127. The maximum Gasteiger partial charge on any atom is 0.225 e. The number of amides is 1. The van der Waals surface area contributed by atoms with Crippen LogP contribution in [0.1, 0.15) is 45.5 Å². The SMILES string of the molecule is CCS(=O)(=O)N1CCCC(C(=O)N[C@H](c2ncc[nH]2)C(C)C)C1. The van der Waals surface area contributed by atoms with Crippen molar-refractivity contribution in [3.05, 3.63) is 18.2 Å². The molecule has 2 atom stereocenters. The fourth-order valence-electron chi connectivity index (χ4n) is 2.86. The Morgan fingerprint density at radius 2 is 2.26 bits per heavy atom. The molecule has 0 bridgehead atoms. The smallest absolute Gasteiger partial charge is 0.225 e.